The van der Waals surface area contributed by atoms with Gasteiger partial charge in [0.05, 0.1) is 11.9 Å². The number of nitrogens with zero attached hydrogens (tertiary/aromatic N) is 4. The van der Waals surface area contributed by atoms with Crippen LogP contribution in [0.25, 0.3) is 0 Å². The Morgan fingerprint density at radius 1 is 1.25 bits per heavy atom. The fourth-order valence-corrected chi connectivity index (χ4v) is 1.91. The number of nitrogens with one attached hydrogen (secondary N) is 2. The number of hydrogen-bond donors (Lipinski definition) is 2. The number of halogens is 1. The number of likely N-dealkylation sites (N-methyl/N-ethyl adjacent to an activating group) is 1. The van der Waals surface area contributed by atoms with Crippen molar-refractivity contribution in [3.05, 3.63) is 34.9 Å². The molecule has 20 heavy (non-hydrogen) atoms. The third-order valence-corrected chi connectivity index (χ3v) is 3.23. The van der Waals surface area contributed by atoms with Crippen molar-refractivity contribution in [2.45, 2.75) is 0 Å². The van der Waals surface area contributed by atoms with Gasteiger partial charge in [0.25, 0.3) is 0 Å². The molecule has 0 saturated carbocycles. The number of hydrogen-bond acceptors (Lipinski definition) is 6. The minimum atomic E-state index is 0.518. The Morgan fingerprint density at radius 3 is 2.80 bits per heavy atom. The lowest BCUT2D eigenvalue weighted by atomic mass is 10.3. The van der Waals surface area contributed by atoms with Gasteiger partial charge in [0, 0.05) is 17.6 Å². The largest absolute Gasteiger partial charge is 0.352 e. The van der Waals surface area contributed by atoms with Gasteiger partial charge in [-0.25, -0.2) is 0 Å². The first-order valence-electron chi connectivity index (χ1n) is 6.25. The van der Waals surface area contributed by atoms with Crippen LogP contribution in [0.2, 0.25) is 0 Å². The van der Waals surface area contributed by atoms with Crippen LogP contribution in [0.15, 0.2) is 34.9 Å². The van der Waals surface area contributed by atoms with Gasteiger partial charge in [-0.1, -0.05) is 12.1 Å². The molecule has 1 aromatic carbocycles. The van der Waals surface area contributed by atoms with Crippen molar-refractivity contribution in [1.82, 2.24) is 20.1 Å². The number of benzene rings is 1. The average molecular weight is 337 g/mol. The van der Waals surface area contributed by atoms with E-state index in [-0.39, 0.29) is 0 Å². The lowest BCUT2D eigenvalue weighted by Gasteiger charge is -2.11. The van der Waals surface area contributed by atoms with Crippen molar-refractivity contribution in [2.24, 2.45) is 0 Å². The van der Waals surface area contributed by atoms with E-state index in [1.165, 1.54) is 0 Å². The molecule has 0 bridgehead atoms. The number of rotatable bonds is 6. The molecule has 0 fully saturated rings. The van der Waals surface area contributed by atoms with E-state index in [4.69, 9.17) is 0 Å². The van der Waals surface area contributed by atoms with Gasteiger partial charge in [0.15, 0.2) is 5.82 Å². The van der Waals surface area contributed by atoms with Crippen molar-refractivity contribution in [1.29, 1.82) is 0 Å². The van der Waals surface area contributed by atoms with Crippen LogP contribution < -0.4 is 10.6 Å². The molecule has 106 valence electrons. The zero-order valence-electron chi connectivity index (χ0n) is 11.5. The maximum atomic E-state index is 4.37. The molecule has 0 aliphatic rings. The molecule has 1 heterocycles. The van der Waals surface area contributed by atoms with Crippen LogP contribution in [0.1, 0.15) is 0 Å². The minimum absolute atomic E-state index is 0.518. The highest BCUT2D eigenvalue weighted by Gasteiger charge is 2.03. The number of para-hydroxylation sites is 1. The van der Waals surface area contributed by atoms with Crippen LogP contribution in [0.3, 0.4) is 0 Å². The van der Waals surface area contributed by atoms with E-state index in [1.54, 1.807) is 6.20 Å². The lowest BCUT2D eigenvalue weighted by molar-refractivity contribution is 0.425. The van der Waals surface area contributed by atoms with Gasteiger partial charge in [-0.05, 0) is 42.2 Å². The van der Waals surface area contributed by atoms with Gasteiger partial charge in [-0.3, -0.25) is 0 Å². The fraction of sp³-hybridized carbons (Fsp3) is 0.308. The first-order valence-corrected chi connectivity index (χ1v) is 7.04. The quantitative estimate of drug-likeness (QED) is 0.844. The molecule has 2 N–H and O–H groups in total. The van der Waals surface area contributed by atoms with Crippen molar-refractivity contribution in [2.75, 3.05) is 37.8 Å². The summed E-state index contributed by atoms with van der Waals surface area (Å²) in [6.45, 7) is 1.68. The molecular weight excluding hydrogens is 320 g/mol. The van der Waals surface area contributed by atoms with Crippen molar-refractivity contribution >= 4 is 33.4 Å². The van der Waals surface area contributed by atoms with Gasteiger partial charge in [-0.15, -0.1) is 5.10 Å². The Labute approximate surface area is 126 Å². The number of anilines is 3. The van der Waals surface area contributed by atoms with E-state index in [2.05, 4.69) is 46.6 Å². The van der Waals surface area contributed by atoms with Crippen LogP contribution >= 0.6 is 15.9 Å². The molecule has 0 spiro atoms. The van der Waals surface area contributed by atoms with Gasteiger partial charge >= 0.3 is 0 Å². The summed E-state index contributed by atoms with van der Waals surface area (Å²) in [6.07, 6.45) is 1.59. The van der Waals surface area contributed by atoms with E-state index >= 15 is 0 Å². The summed E-state index contributed by atoms with van der Waals surface area (Å²) in [4.78, 5) is 6.46. The Bertz CT molecular complexity index is 560. The SMILES string of the molecule is CN(C)CCNc1nncc(Nc2ccccc2Br)n1. The standard InChI is InChI=1S/C13H17BrN6/c1-20(2)8-7-15-13-18-12(9-16-19-13)17-11-6-4-3-5-10(11)14/h3-6,9H,7-8H2,1-2H3,(H2,15,17,18,19). The minimum Gasteiger partial charge on any atom is -0.352 e. The molecule has 0 amide bonds. The second kappa shape index (κ2) is 7.16. The monoisotopic (exact) mass is 336 g/mol. The molecule has 2 aromatic rings. The topological polar surface area (TPSA) is 66.0 Å². The smallest absolute Gasteiger partial charge is 0.244 e. The molecule has 0 aliphatic carbocycles. The van der Waals surface area contributed by atoms with E-state index < -0.39 is 0 Å². The molecule has 0 radical (unpaired) electrons. The molecule has 6 nitrogen and oxygen atoms in total. The normalized spacial score (nSPS) is 10.6. The van der Waals surface area contributed by atoms with Gasteiger partial charge in [-0.2, -0.15) is 10.1 Å². The summed E-state index contributed by atoms with van der Waals surface area (Å²) in [7, 11) is 4.04. The molecule has 7 heteroatoms. The Morgan fingerprint density at radius 2 is 2.05 bits per heavy atom. The van der Waals surface area contributed by atoms with Crippen molar-refractivity contribution in [3.8, 4) is 0 Å². The molecule has 0 atom stereocenters. The van der Waals surface area contributed by atoms with Gasteiger partial charge < -0.3 is 15.5 Å². The van der Waals surface area contributed by atoms with Crippen LogP contribution in [0.5, 0.6) is 0 Å². The number of aromatic nitrogens is 3. The molecular formula is C13H17BrN6. The van der Waals surface area contributed by atoms with Gasteiger partial charge in [0.2, 0.25) is 5.95 Å². The highest BCUT2D eigenvalue weighted by atomic mass is 79.9. The zero-order valence-corrected chi connectivity index (χ0v) is 13.1. The Hall–Kier alpha value is -1.73. The summed E-state index contributed by atoms with van der Waals surface area (Å²) >= 11 is 3.48. The van der Waals surface area contributed by atoms with E-state index in [0.717, 1.165) is 23.2 Å². The summed E-state index contributed by atoms with van der Waals surface area (Å²) < 4.78 is 0.973. The molecule has 0 saturated heterocycles. The lowest BCUT2D eigenvalue weighted by Crippen LogP contribution is -2.21. The third kappa shape index (κ3) is 4.43. The second-order valence-electron chi connectivity index (χ2n) is 4.50. The predicted molar refractivity (Wildman–Crippen MR) is 84.3 cm³/mol. The van der Waals surface area contributed by atoms with Crippen molar-refractivity contribution < 1.29 is 0 Å². The highest BCUT2D eigenvalue weighted by molar-refractivity contribution is 9.10. The molecule has 0 aliphatic heterocycles. The summed E-state index contributed by atoms with van der Waals surface area (Å²) in [5.74, 6) is 1.17. The van der Waals surface area contributed by atoms with E-state index in [1.807, 2.05) is 38.4 Å². The zero-order chi connectivity index (χ0) is 14.4. The Balaban J connectivity index is 2.01. The molecule has 1 aromatic heterocycles. The van der Waals surface area contributed by atoms with Crippen LogP contribution in [-0.4, -0.2) is 47.3 Å². The summed E-state index contributed by atoms with van der Waals surface area (Å²) in [5.41, 5.74) is 0.937. The predicted octanol–water partition coefficient (Wildman–Crippen LogP) is 2.35. The summed E-state index contributed by atoms with van der Waals surface area (Å²) in [5, 5.41) is 14.2. The van der Waals surface area contributed by atoms with Gasteiger partial charge in [0.1, 0.15) is 0 Å². The van der Waals surface area contributed by atoms with Crippen molar-refractivity contribution in [3.63, 3.8) is 0 Å². The Kier molecular flexibility index (Phi) is 5.25. The summed E-state index contributed by atoms with van der Waals surface area (Å²) in [6, 6.07) is 7.85. The van der Waals surface area contributed by atoms with Crippen LogP contribution in [-0.2, 0) is 0 Å². The molecule has 2 rings (SSSR count). The molecule has 0 unspecified atom stereocenters. The highest BCUT2D eigenvalue weighted by Crippen LogP contribution is 2.24. The maximum absolute atomic E-state index is 4.37. The maximum Gasteiger partial charge on any atom is 0.244 e. The van der Waals surface area contributed by atoms with Crippen LogP contribution in [0.4, 0.5) is 17.5 Å². The van der Waals surface area contributed by atoms with E-state index in [0.29, 0.717) is 11.8 Å². The van der Waals surface area contributed by atoms with E-state index in [9.17, 15) is 0 Å². The second-order valence-corrected chi connectivity index (χ2v) is 5.35. The third-order valence-electron chi connectivity index (χ3n) is 2.54. The average Bonchev–Trinajstić information content (AvgIpc) is 2.41. The van der Waals surface area contributed by atoms with Crippen LogP contribution in [0, 0.1) is 0 Å². The first-order chi connectivity index (χ1) is 9.65. The first kappa shape index (κ1) is 14.7. The fourth-order valence-electron chi connectivity index (χ4n) is 1.53.